The number of hydrogen-bond acceptors (Lipinski definition) is 2. The van der Waals surface area contributed by atoms with Gasteiger partial charge in [0.2, 0.25) is 0 Å². The lowest BCUT2D eigenvalue weighted by Gasteiger charge is -2.28. The Morgan fingerprint density at radius 1 is 1.29 bits per heavy atom. The Kier molecular flexibility index (Phi) is 3.89. The quantitative estimate of drug-likeness (QED) is 0.875. The molecule has 2 nitrogen and oxygen atoms in total. The second kappa shape index (κ2) is 5.23. The monoisotopic (exact) mass is 256 g/mol. The SMILES string of the molecule is Cl.FCCN1C[C@@H]2CNc3ccccc3[C@H]2C1. The molecular weight excluding hydrogens is 239 g/mol. The normalized spacial score (nSPS) is 26.6. The topological polar surface area (TPSA) is 15.3 Å². The number of nitrogens with one attached hydrogen (secondary N) is 1. The molecule has 94 valence electrons. The second-order valence-electron chi connectivity index (χ2n) is 4.78. The van der Waals surface area contributed by atoms with Crippen LogP contribution in [0.5, 0.6) is 0 Å². The van der Waals surface area contributed by atoms with E-state index in [4.69, 9.17) is 0 Å². The zero-order chi connectivity index (χ0) is 11.0. The van der Waals surface area contributed by atoms with E-state index in [-0.39, 0.29) is 19.1 Å². The molecule has 0 radical (unpaired) electrons. The number of anilines is 1. The minimum Gasteiger partial charge on any atom is -0.384 e. The standard InChI is InChI=1S/C13H17FN2.ClH/c14-5-6-16-8-10-7-15-13-4-2-1-3-11(13)12(10)9-16;/h1-4,10,12,15H,5-9H2;1H/t10-,12-;/m0./s1. The molecule has 0 amide bonds. The number of hydrogen-bond donors (Lipinski definition) is 1. The van der Waals surface area contributed by atoms with E-state index < -0.39 is 0 Å². The highest BCUT2D eigenvalue weighted by atomic mass is 35.5. The van der Waals surface area contributed by atoms with Crippen LogP contribution in [-0.4, -0.2) is 37.8 Å². The molecule has 1 N–H and O–H groups in total. The molecule has 1 aromatic carbocycles. The summed E-state index contributed by atoms with van der Waals surface area (Å²) in [7, 11) is 0. The fourth-order valence-corrected chi connectivity index (χ4v) is 3.04. The highest BCUT2D eigenvalue weighted by molar-refractivity contribution is 5.85. The van der Waals surface area contributed by atoms with Gasteiger partial charge in [0, 0.05) is 37.8 Å². The molecule has 0 saturated carbocycles. The van der Waals surface area contributed by atoms with Gasteiger partial charge in [-0.15, -0.1) is 12.4 Å². The van der Waals surface area contributed by atoms with Crippen molar-refractivity contribution in [3.05, 3.63) is 29.8 Å². The molecule has 17 heavy (non-hydrogen) atoms. The Labute approximate surface area is 108 Å². The lowest BCUT2D eigenvalue weighted by Crippen LogP contribution is -2.27. The molecule has 2 heterocycles. The van der Waals surface area contributed by atoms with Crippen LogP contribution in [0.2, 0.25) is 0 Å². The van der Waals surface area contributed by atoms with Crippen LogP contribution in [0, 0.1) is 5.92 Å². The summed E-state index contributed by atoms with van der Waals surface area (Å²) in [6, 6.07) is 8.52. The molecule has 0 aliphatic carbocycles. The largest absolute Gasteiger partial charge is 0.384 e. The summed E-state index contributed by atoms with van der Waals surface area (Å²) in [6.45, 7) is 3.46. The number of benzene rings is 1. The smallest absolute Gasteiger partial charge is 0.102 e. The molecule has 0 aromatic heterocycles. The molecule has 0 unspecified atom stereocenters. The number of para-hydroxylation sites is 1. The molecule has 1 aromatic rings. The Morgan fingerprint density at radius 2 is 2.12 bits per heavy atom. The van der Waals surface area contributed by atoms with Crippen LogP contribution < -0.4 is 5.32 Å². The fourth-order valence-electron chi connectivity index (χ4n) is 3.04. The van der Waals surface area contributed by atoms with Crippen LogP contribution in [0.25, 0.3) is 0 Å². The summed E-state index contributed by atoms with van der Waals surface area (Å²) >= 11 is 0. The summed E-state index contributed by atoms with van der Waals surface area (Å²) in [5, 5.41) is 3.48. The number of alkyl halides is 1. The van der Waals surface area contributed by atoms with E-state index in [9.17, 15) is 4.39 Å². The van der Waals surface area contributed by atoms with E-state index in [1.54, 1.807) is 0 Å². The number of nitrogens with zero attached hydrogens (tertiary/aromatic N) is 1. The predicted octanol–water partition coefficient (Wildman–Crippen LogP) is 2.52. The third kappa shape index (κ3) is 2.26. The molecule has 1 saturated heterocycles. The number of halogens is 2. The van der Waals surface area contributed by atoms with Crippen molar-refractivity contribution >= 4 is 18.1 Å². The highest BCUT2D eigenvalue weighted by Crippen LogP contribution is 2.39. The summed E-state index contributed by atoms with van der Waals surface area (Å²) in [5.41, 5.74) is 2.69. The number of fused-ring (bicyclic) bond motifs is 3. The first kappa shape index (κ1) is 12.7. The van der Waals surface area contributed by atoms with Crippen LogP contribution in [0.15, 0.2) is 24.3 Å². The Balaban J connectivity index is 0.00000108. The summed E-state index contributed by atoms with van der Waals surface area (Å²) in [5.74, 6) is 1.26. The van der Waals surface area contributed by atoms with Crippen LogP contribution in [0.1, 0.15) is 11.5 Å². The summed E-state index contributed by atoms with van der Waals surface area (Å²) < 4.78 is 12.4. The van der Waals surface area contributed by atoms with Crippen molar-refractivity contribution in [2.75, 3.05) is 38.2 Å². The van der Waals surface area contributed by atoms with Crippen LogP contribution in [0.4, 0.5) is 10.1 Å². The van der Waals surface area contributed by atoms with Gasteiger partial charge < -0.3 is 5.32 Å². The minimum absolute atomic E-state index is 0. The molecule has 0 bridgehead atoms. The Morgan fingerprint density at radius 3 is 2.94 bits per heavy atom. The van der Waals surface area contributed by atoms with Gasteiger partial charge in [0.15, 0.2) is 0 Å². The maximum Gasteiger partial charge on any atom is 0.102 e. The summed E-state index contributed by atoms with van der Waals surface area (Å²) in [6.07, 6.45) is 0. The van der Waals surface area contributed by atoms with E-state index in [2.05, 4.69) is 34.5 Å². The second-order valence-corrected chi connectivity index (χ2v) is 4.78. The molecule has 1 fully saturated rings. The van der Waals surface area contributed by atoms with Gasteiger partial charge in [0.1, 0.15) is 6.67 Å². The van der Waals surface area contributed by atoms with Crippen molar-refractivity contribution in [1.82, 2.24) is 4.90 Å². The van der Waals surface area contributed by atoms with Gasteiger partial charge in [-0.3, -0.25) is 4.90 Å². The van der Waals surface area contributed by atoms with Crippen LogP contribution in [-0.2, 0) is 0 Å². The third-order valence-electron chi connectivity index (χ3n) is 3.83. The first-order valence-electron chi connectivity index (χ1n) is 5.99. The van der Waals surface area contributed by atoms with Crippen molar-refractivity contribution in [2.24, 2.45) is 5.92 Å². The average molecular weight is 257 g/mol. The molecular formula is C13H18ClFN2. The van der Waals surface area contributed by atoms with Gasteiger partial charge >= 0.3 is 0 Å². The lowest BCUT2D eigenvalue weighted by molar-refractivity contribution is 0.288. The van der Waals surface area contributed by atoms with Gasteiger partial charge in [0.25, 0.3) is 0 Å². The zero-order valence-corrected chi connectivity index (χ0v) is 10.5. The molecule has 2 aliphatic rings. The van der Waals surface area contributed by atoms with Crippen molar-refractivity contribution in [3.63, 3.8) is 0 Å². The van der Waals surface area contributed by atoms with Crippen molar-refractivity contribution in [1.29, 1.82) is 0 Å². The van der Waals surface area contributed by atoms with Crippen LogP contribution >= 0.6 is 12.4 Å². The highest BCUT2D eigenvalue weighted by Gasteiger charge is 2.36. The molecule has 2 aliphatic heterocycles. The van der Waals surface area contributed by atoms with Crippen molar-refractivity contribution in [3.8, 4) is 0 Å². The molecule has 2 atom stereocenters. The first-order chi connectivity index (χ1) is 7.88. The average Bonchev–Trinajstić information content (AvgIpc) is 2.72. The third-order valence-corrected chi connectivity index (χ3v) is 3.83. The van der Waals surface area contributed by atoms with E-state index >= 15 is 0 Å². The van der Waals surface area contributed by atoms with E-state index in [0.717, 1.165) is 19.6 Å². The van der Waals surface area contributed by atoms with Gasteiger partial charge in [0.05, 0.1) is 0 Å². The first-order valence-corrected chi connectivity index (χ1v) is 5.99. The lowest BCUT2D eigenvalue weighted by atomic mass is 9.85. The van der Waals surface area contributed by atoms with Gasteiger partial charge in [-0.25, -0.2) is 4.39 Å². The Hall–Kier alpha value is -0.800. The van der Waals surface area contributed by atoms with E-state index in [1.807, 2.05) is 0 Å². The number of likely N-dealkylation sites (tertiary alicyclic amines) is 1. The van der Waals surface area contributed by atoms with Crippen molar-refractivity contribution in [2.45, 2.75) is 5.92 Å². The maximum atomic E-state index is 12.4. The van der Waals surface area contributed by atoms with Gasteiger partial charge in [-0.1, -0.05) is 18.2 Å². The predicted molar refractivity (Wildman–Crippen MR) is 70.8 cm³/mol. The number of rotatable bonds is 2. The zero-order valence-electron chi connectivity index (χ0n) is 9.73. The molecule has 0 spiro atoms. The Bertz CT molecular complexity index is 385. The minimum atomic E-state index is -0.228. The fraction of sp³-hybridized carbons (Fsp3) is 0.538. The van der Waals surface area contributed by atoms with Crippen molar-refractivity contribution < 1.29 is 4.39 Å². The summed E-state index contributed by atoms with van der Waals surface area (Å²) in [4.78, 5) is 2.25. The van der Waals surface area contributed by atoms with Gasteiger partial charge in [-0.05, 0) is 17.5 Å². The van der Waals surface area contributed by atoms with Gasteiger partial charge in [-0.2, -0.15) is 0 Å². The molecule has 3 rings (SSSR count). The van der Waals surface area contributed by atoms with E-state index in [1.165, 1.54) is 11.3 Å². The van der Waals surface area contributed by atoms with E-state index in [0.29, 0.717) is 18.4 Å². The molecule has 4 heteroatoms. The van der Waals surface area contributed by atoms with Crippen LogP contribution in [0.3, 0.4) is 0 Å². The maximum absolute atomic E-state index is 12.4.